The summed E-state index contributed by atoms with van der Waals surface area (Å²) >= 11 is 0. The van der Waals surface area contributed by atoms with Gasteiger partial charge in [0.15, 0.2) is 0 Å². The van der Waals surface area contributed by atoms with E-state index in [1.165, 1.54) is 5.56 Å². The number of carboxylic acids is 1. The molecule has 2 unspecified atom stereocenters. The number of hydrogen-bond donors (Lipinski definition) is 4. The highest BCUT2D eigenvalue weighted by Gasteiger charge is 2.30. The third-order valence-corrected chi connectivity index (χ3v) is 6.84. The lowest BCUT2D eigenvalue weighted by Crippen LogP contribution is -2.42. The van der Waals surface area contributed by atoms with E-state index >= 15 is 0 Å². The predicted molar refractivity (Wildman–Crippen MR) is 138 cm³/mol. The van der Waals surface area contributed by atoms with Gasteiger partial charge in [-0.3, -0.25) is 4.79 Å². The molecule has 7 nitrogen and oxygen atoms in total. The molecule has 7 heteroatoms. The van der Waals surface area contributed by atoms with Crippen LogP contribution in [0.3, 0.4) is 0 Å². The van der Waals surface area contributed by atoms with E-state index in [0.29, 0.717) is 24.3 Å². The van der Waals surface area contributed by atoms with Gasteiger partial charge in [0, 0.05) is 30.5 Å². The average Bonchev–Trinajstić information content (AvgIpc) is 3.34. The number of benzene rings is 2. The van der Waals surface area contributed by atoms with E-state index in [0.717, 1.165) is 29.5 Å². The molecule has 4 N–H and O–H groups in total. The summed E-state index contributed by atoms with van der Waals surface area (Å²) in [5.74, 6) is 6.06. The molecule has 1 saturated carbocycles. The van der Waals surface area contributed by atoms with Crippen molar-refractivity contribution in [2.45, 2.75) is 50.8 Å². The van der Waals surface area contributed by atoms with Crippen LogP contribution in [0.2, 0.25) is 0 Å². The van der Waals surface area contributed by atoms with Gasteiger partial charge in [0.1, 0.15) is 18.0 Å². The molecule has 1 heterocycles. The molecule has 1 fully saturated rings. The van der Waals surface area contributed by atoms with Crippen LogP contribution in [0, 0.1) is 17.8 Å². The molecule has 0 amide bonds. The Kier molecular flexibility index (Phi) is 8.21. The third-order valence-electron chi connectivity index (χ3n) is 6.84. The maximum absolute atomic E-state index is 11.0. The monoisotopic (exact) mass is 487 g/mol. The minimum Gasteiger partial charge on any atom is -0.481 e. The van der Waals surface area contributed by atoms with Crippen molar-refractivity contribution < 1.29 is 20.1 Å². The highest BCUT2D eigenvalue weighted by atomic mass is 16.4. The van der Waals surface area contributed by atoms with Gasteiger partial charge in [-0.25, -0.2) is 4.98 Å². The number of imidazole rings is 1. The first-order valence-corrected chi connectivity index (χ1v) is 12.4. The van der Waals surface area contributed by atoms with E-state index < -0.39 is 18.1 Å². The molecule has 0 aliphatic heterocycles. The van der Waals surface area contributed by atoms with E-state index in [4.69, 9.17) is 5.11 Å². The first-order chi connectivity index (χ1) is 17.4. The fourth-order valence-electron chi connectivity index (χ4n) is 4.46. The molecule has 3 aromatic rings. The molecular formula is C29H33N3O4. The summed E-state index contributed by atoms with van der Waals surface area (Å²) in [6.45, 7) is 3.70. The Hall–Kier alpha value is -3.44. The van der Waals surface area contributed by atoms with Crippen LogP contribution in [0.5, 0.6) is 0 Å². The number of hydrogen-bond acceptors (Lipinski definition) is 5. The van der Waals surface area contributed by atoms with Crippen LogP contribution in [-0.4, -0.2) is 50.0 Å². The van der Waals surface area contributed by atoms with Crippen molar-refractivity contribution in [1.29, 1.82) is 0 Å². The molecule has 0 spiro atoms. The minimum atomic E-state index is -0.760. The summed E-state index contributed by atoms with van der Waals surface area (Å²) < 4.78 is 1.70. The Morgan fingerprint density at radius 3 is 2.33 bits per heavy atom. The molecule has 2 aromatic carbocycles. The minimum absolute atomic E-state index is 0.174. The maximum Gasteiger partial charge on any atom is 0.307 e. The van der Waals surface area contributed by atoms with Gasteiger partial charge >= 0.3 is 5.97 Å². The fourth-order valence-corrected chi connectivity index (χ4v) is 4.46. The molecular weight excluding hydrogens is 454 g/mol. The third kappa shape index (κ3) is 6.03. The quantitative estimate of drug-likeness (QED) is 0.343. The Labute approximate surface area is 211 Å². The zero-order valence-electron chi connectivity index (χ0n) is 20.6. The van der Waals surface area contributed by atoms with Gasteiger partial charge in [-0.1, -0.05) is 55.2 Å². The summed E-state index contributed by atoms with van der Waals surface area (Å²) in [6, 6.07) is 16.6. The Morgan fingerprint density at radius 1 is 1.11 bits per heavy atom. The number of nitrogens with one attached hydrogen (secondary N) is 1. The molecule has 0 radical (unpaired) electrons. The van der Waals surface area contributed by atoms with E-state index in [2.05, 4.69) is 46.4 Å². The van der Waals surface area contributed by atoms with Gasteiger partial charge in [0.05, 0.1) is 12.5 Å². The van der Waals surface area contributed by atoms with Gasteiger partial charge in [-0.15, -0.1) is 0 Å². The van der Waals surface area contributed by atoms with Crippen LogP contribution in [0.4, 0.5) is 0 Å². The predicted octanol–water partition coefficient (Wildman–Crippen LogP) is 3.74. The van der Waals surface area contributed by atoms with Crippen molar-refractivity contribution in [1.82, 2.24) is 14.9 Å². The molecule has 1 aliphatic carbocycles. The highest BCUT2D eigenvalue weighted by molar-refractivity contribution is 5.69. The van der Waals surface area contributed by atoms with Crippen molar-refractivity contribution >= 4 is 5.97 Å². The second-order valence-corrected chi connectivity index (χ2v) is 9.55. The van der Waals surface area contributed by atoms with Crippen molar-refractivity contribution in [2.75, 3.05) is 13.2 Å². The van der Waals surface area contributed by atoms with Crippen molar-refractivity contribution in [2.24, 2.45) is 5.92 Å². The van der Waals surface area contributed by atoms with Crippen molar-refractivity contribution in [3.8, 4) is 23.0 Å². The molecule has 3 atom stereocenters. The van der Waals surface area contributed by atoms with E-state index in [9.17, 15) is 15.0 Å². The molecule has 4 rings (SSSR count). The number of aliphatic carboxylic acids is 1. The number of aliphatic hydroxyl groups is 2. The van der Waals surface area contributed by atoms with E-state index in [1.54, 1.807) is 30.8 Å². The summed E-state index contributed by atoms with van der Waals surface area (Å²) in [5.41, 5.74) is 4.40. The molecule has 0 bridgehead atoms. The lowest BCUT2D eigenvalue weighted by Gasteiger charge is -2.37. The van der Waals surface area contributed by atoms with Crippen LogP contribution in [0.25, 0.3) is 11.1 Å². The van der Waals surface area contributed by atoms with Gasteiger partial charge in [-0.2, -0.15) is 0 Å². The molecule has 0 saturated heterocycles. The normalized spacial score (nSPS) is 19.4. The topological polar surface area (TPSA) is 108 Å². The Balaban J connectivity index is 1.34. The number of rotatable bonds is 9. The first-order valence-electron chi connectivity index (χ1n) is 12.4. The number of carboxylic acid groups (broad SMARTS) is 1. The number of nitrogens with zero attached hydrogens (tertiary/aromatic N) is 2. The lowest BCUT2D eigenvalue weighted by atomic mass is 9.75. The van der Waals surface area contributed by atoms with E-state index in [1.807, 2.05) is 24.3 Å². The highest BCUT2D eigenvalue weighted by Crippen LogP contribution is 2.37. The van der Waals surface area contributed by atoms with Gasteiger partial charge in [0.25, 0.3) is 0 Å². The smallest absolute Gasteiger partial charge is 0.307 e. The first kappa shape index (κ1) is 25.6. The fraction of sp³-hybridized carbons (Fsp3) is 0.379. The van der Waals surface area contributed by atoms with Gasteiger partial charge in [0.2, 0.25) is 0 Å². The summed E-state index contributed by atoms with van der Waals surface area (Å²) in [7, 11) is 0. The molecule has 1 aliphatic rings. The zero-order valence-corrected chi connectivity index (χ0v) is 20.6. The standard InChI is InChI=1S/C29H33N3O4/c1-19(29(35)36)17-31-26-15-25(16-26)24-10-8-23(9-11-24)22-6-3-21(4-7-22)5-12-27(18-33)32-14-13-30-28(32)20(2)34/h3-4,6-11,13-14,19-20,25-27,31,33-34H,15-18H2,1-2H3,(H,35,36)/t19?,20-,25?,26?,27?/m0/s1. The second kappa shape index (κ2) is 11.5. The summed E-state index contributed by atoms with van der Waals surface area (Å²) in [6.07, 6.45) is 4.63. The Morgan fingerprint density at radius 2 is 1.75 bits per heavy atom. The molecule has 1 aromatic heterocycles. The van der Waals surface area contributed by atoms with Crippen LogP contribution in [-0.2, 0) is 4.79 Å². The van der Waals surface area contributed by atoms with Crippen LogP contribution < -0.4 is 5.32 Å². The number of aliphatic hydroxyl groups excluding tert-OH is 2. The van der Waals surface area contributed by atoms with E-state index in [-0.39, 0.29) is 12.5 Å². The number of aromatic nitrogens is 2. The van der Waals surface area contributed by atoms with Crippen LogP contribution >= 0.6 is 0 Å². The molecule has 188 valence electrons. The number of carbonyl (C=O) groups is 1. The zero-order chi connectivity index (χ0) is 25.7. The van der Waals surface area contributed by atoms with Crippen LogP contribution in [0.1, 0.15) is 61.7 Å². The second-order valence-electron chi connectivity index (χ2n) is 9.55. The van der Waals surface area contributed by atoms with Crippen molar-refractivity contribution in [3.05, 3.63) is 77.9 Å². The SMILES string of the molecule is CC(CNC1CC(c2ccc(-c3ccc(C#CC(CO)n4ccnc4[C@H](C)O)cc3)cc2)C1)C(=O)O. The largest absolute Gasteiger partial charge is 0.481 e. The van der Waals surface area contributed by atoms with Gasteiger partial charge < -0.3 is 25.2 Å². The average molecular weight is 488 g/mol. The molecule has 36 heavy (non-hydrogen) atoms. The Bertz CT molecular complexity index is 1220. The maximum atomic E-state index is 11.0. The van der Waals surface area contributed by atoms with Crippen LogP contribution in [0.15, 0.2) is 60.9 Å². The van der Waals surface area contributed by atoms with Crippen molar-refractivity contribution in [3.63, 3.8) is 0 Å². The van der Waals surface area contributed by atoms with Gasteiger partial charge in [-0.05, 0) is 54.5 Å². The lowest BCUT2D eigenvalue weighted by molar-refractivity contribution is -0.141. The summed E-state index contributed by atoms with van der Waals surface area (Å²) in [5, 5.41) is 32.0. The summed E-state index contributed by atoms with van der Waals surface area (Å²) in [4.78, 5) is 15.1.